The highest BCUT2D eigenvalue weighted by Crippen LogP contribution is 2.42. The highest BCUT2D eigenvalue weighted by molar-refractivity contribution is 5.89. The smallest absolute Gasteiger partial charge is 0.311 e. The molecule has 2 aliphatic heterocycles. The summed E-state index contributed by atoms with van der Waals surface area (Å²) in [6, 6.07) is 5.48. The molecule has 2 atom stereocenters. The van der Waals surface area contributed by atoms with Crippen LogP contribution in [-0.4, -0.2) is 55.3 Å². The molecule has 3 heterocycles. The second-order valence-corrected chi connectivity index (χ2v) is 7.06. The third-order valence-electron chi connectivity index (χ3n) is 5.69. The fourth-order valence-corrected chi connectivity index (χ4v) is 4.09. The number of amides is 1. The molecule has 2 fully saturated rings. The van der Waals surface area contributed by atoms with Crippen LogP contribution >= 0.6 is 0 Å². The minimum absolute atomic E-state index is 0.0847. The van der Waals surface area contributed by atoms with Crippen molar-refractivity contribution in [1.82, 2.24) is 4.90 Å². The zero-order valence-corrected chi connectivity index (χ0v) is 14.6. The van der Waals surface area contributed by atoms with Crippen molar-refractivity contribution in [1.29, 1.82) is 0 Å². The molecule has 1 aromatic heterocycles. The Labute approximate surface area is 150 Å². The SMILES string of the molecule is COc1ccc2c(CC(=O)N3C[C@H]4COCC[C@@]4(C(=O)O)C3)coc2c1. The number of aliphatic carboxylic acids is 1. The number of fused-ring (bicyclic) bond motifs is 2. The van der Waals surface area contributed by atoms with Gasteiger partial charge in [-0.05, 0) is 18.6 Å². The Balaban J connectivity index is 1.53. The van der Waals surface area contributed by atoms with E-state index >= 15 is 0 Å². The van der Waals surface area contributed by atoms with Gasteiger partial charge in [-0.15, -0.1) is 0 Å². The lowest BCUT2D eigenvalue weighted by Crippen LogP contribution is -2.45. The van der Waals surface area contributed by atoms with Crippen molar-refractivity contribution in [2.45, 2.75) is 12.8 Å². The average molecular weight is 359 g/mol. The van der Waals surface area contributed by atoms with Crippen LogP contribution in [0.2, 0.25) is 0 Å². The minimum Gasteiger partial charge on any atom is -0.497 e. The summed E-state index contributed by atoms with van der Waals surface area (Å²) in [7, 11) is 1.59. The van der Waals surface area contributed by atoms with Crippen LogP contribution in [-0.2, 0) is 20.7 Å². The Morgan fingerprint density at radius 1 is 1.42 bits per heavy atom. The summed E-state index contributed by atoms with van der Waals surface area (Å²) < 4.78 is 16.2. The molecule has 1 amide bonds. The van der Waals surface area contributed by atoms with E-state index in [1.165, 1.54) is 0 Å². The Morgan fingerprint density at radius 2 is 2.27 bits per heavy atom. The van der Waals surface area contributed by atoms with E-state index in [0.717, 1.165) is 10.9 Å². The summed E-state index contributed by atoms with van der Waals surface area (Å²) in [5.41, 5.74) is 0.584. The Morgan fingerprint density at radius 3 is 3.00 bits per heavy atom. The van der Waals surface area contributed by atoms with E-state index in [2.05, 4.69) is 0 Å². The van der Waals surface area contributed by atoms with E-state index in [0.29, 0.717) is 37.5 Å². The number of furan rings is 1. The van der Waals surface area contributed by atoms with Gasteiger partial charge in [-0.25, -0.2) is 0 Å². The summed E-state index contributed by atoms with van der Waals surface area (Å²) in [4.78, 5) is 26.3. The van der Waals surface area contributed by atoms with Crippen molar-refractivity contribution >= 4 is 22.8 Å². The summed E-state index contributed by atoms with van der Waals surface area (Å²) in [5, 5.41) is 10.6. The monoisotopic (exact) mass is 359 g/mol. The van der Waals surface area contributed by atoms with Crippen LogP contribution in [0.4, 0.5) is 0 Å². The van der Waals surface area contributed by atoms with E-state index in [4.69, 9.17) is 13.9 Å². The molecule has 1 aromatic carbocycles. The summed E-state index contributed by atoms with van der Waals surface area (Å²) >= 11 is 0. The molecule has 7 nitrogen and oxygen atoms in total. The summed E-state index contributed by atoms with van der Waals surface area (Å²) in [5.74, 6) is -0.375. The van der Waals surface area contributed by atoms with Gasteiger partial charge in [-0.1, -0.05) is 0 Å². The average Bonchev–Trinajstić information content (AvgIpc) is 3.23. The highest BCUT2D eigenvalue weighted by Gasteiger charge is 2.54. The molecule has 0 aliphatic carbocycles. The van der Waals surface area contributed by atoms with E-state index in [9.17, 15) is 14.7 Å². The quantitative estimate of drug-likeness (QED) is 0.897. The minimum atomic E-state index is -0.875. The van der Waals surface area contributed by atoms with Crippen molar-refractivity contribution < 1.29 is 28.6 Å². The van der Waals surface area contributed by atoms with Gasteiger partial charge in [0.15, 0.2) is 0 Å². The zero-order chi connectivity index (χ0) is 18.3. The molecule has 0 unspecified atom stereocenters. The number of benzene rings is 1. The lowest BCUT2D eigenvalue weighted by atomic mass is 9.74. The standard InChI is InChI=1S/C19H21NO6/c1-24-14-2-3-15-12(9-26-16(15)7-14)6-17(21)20-8-13-10-25-5-4-19(13,11-20)18(22)23/h2-3,7,9,13H,4-6,8,10-11H2,1H3,(H,22,23)/t13-,19+/m0/s1. The van der Waals surface area contributed by atoms with E-state index < -0.39 is 11.4 Å². The maximum Gasteiger partial charge on any atom is 0.311 e. The van der Waals surface area contributed by atoms with Crippen LogP contribution in [0.1, 0.15) is 12.0 Å². The van der Waals surface area contributed by atoms with Crippen LogP contribution in [0, 0.1) is 11.3 Å². The van der Waals surface area contributed by atoms with Gasteiger partial charge >= 0.3 is 5.97 Å². The van der Waals surface area contributed by atoms with E-state index in [-0.39, 0.29) is 24.8 Å². The molecule has 2 saturated heterocycles. The molecule has 4 rings (SSSR count). The number of rotatable bonds is 4. The van der Waals surface area contributed by atoms with Gasteiger partial charge in [0, 0.05) is 42.6 Å². The van der Waals surface area contributed by atoms with Crippen LogP contribution < -0.4 is 4.74 Å². The Hall–Kier alpha value is -2.54. The van der Waals surface area contributed by atoms with Crippen molar-refractivity contribution in [3.63, 3.8) is 0 Å². The molecule has 1 N–H and O–H groups in total. The molecule has 138 valence electrons. The molecule has 7 heteroatoms. The van der Waals surface area contributed by atoms with E-state index in [1.54, 1.807) is 24.3 Å². The van der Waals surface area contributed by atoms with Gasteiger partial charge in [-0.2, -0.15) is 0 Å². The zero-order valence-electron chi connectivity index (χ0n) is 14.6. The number of likely N-dealkylation sites (tertiary alicyclic amines) is 1. The van der Waals surface area contributed by atoms with Crippen LogP contribution in [0.25, 0.3) is 11.0 Å². The fourth-order valence-electron chi connectivity index (χ4n) is 4.09. The molecular formula is C19H21NO6. The van der Waals surface area contributed by atoms with Gasteiger partial charge in [-0.3, -0.25) is 9.59 Å². The van der Waals surface area contributed by atoms with Crippen molar-refractivity contribution in [3.05, 3.63) is 30.0 Å². The third-order valence-corrected chi connectivity index (χ3v) is 5.69. The van der Waals surface area contributed by atoms with E-state index in [1.807, 2.05) is 12.1 Å². The fraction of sp³-hybridized carbons (Fsp3) is 0.474. The number of carbonyl (C=O) groups excluding carboxylic acids is 1. The maximum atomic E-state index is 12.8. The van der Waals surface area contributed by atoms with Crippen LogP contribution in [0.15, 0.2) is 28.9 Å². The van der Waals surface area contributed by atoms with Crippen LogP contribution in [0.3, 0.4) is 0 Å². The molecule has 0 bridgehead atoms. The molecule has 2 aliphatic rings. The van der Waals surface area contributed by atoms with Gasteiger partial charge in [0.1, 0.15) is 11.3 Å². The third kappa shape index (κ3) is 2.63. The maximum absolute atomic E-state index is 12.8. The predicted molar refractivity (Wildman–Crippen MR) is 92.0 cm³/mol. The molecule has 0 spiro atoms. The van der Waals surface area contributed by atoms with Gasteiger partial charge < -0.3 is 23.9 Å². The number of nitrogens with zero attached hydrogens (tertiary/aromatic N) is 1. The van der Waals surface area contributed by atoms with Gasteiger partial charge in [0.25, 0.3) is 0 Å². The van der Waals surface area contributed by atoms with Gasteiger partial charge in [0.2, 0.25) is 5.91 Å². The molecule has 0 radical (unpaired) electrons. The van der Waals surface area contributed by atoms with Crippen molar-refractivity contribution in [2.75, 3.05) is 33.4 Å². The largest absolute Gasteiger partial charge is 0.497 e. The normalized spacial score (nSPS) is 25.3. The Kier molecular flexibility index (Phi) is 4.11. The number of carboxylic acids is 1. The first-order chi connectivity index (χ1) is 12.5. The first-order valence-electron chi connectivity index (χ1n) is 8.66. The lowest BCUT2D eigenvalue weighted by Gasteiger charge is -2.33. The molecule has 0 saturated carbocycles. The Bertz CT molecular complexity index is 859. The summed E-state index contributed by atoms with van der Waals surface area (Å²) in [6.45, 7) is 1.50. The molecule has 2 aromatic rings. The number of carbonyl (C=O) groups is 2. The lowest BCUT2D eigenvalue weighted by molar-refractivity contribution is -0.157. The first kappa shape index (κ1) is 16.9. The molecular weight excluding hydrogens is 338 g/mol. The number of ether oxygens (including phenoxy) is 2. The molecule has 26 heavy (non-hydrogen) atoms. The number of methoxy groups -OCH3 is 1. The van der Waals surface area contributed by atoms with Crippen LogP contribution in [0.5, 0.6) is 5.75 Å². The highest BCUT2D eigenvalue weighted by atomic mass is 16.5. The predicted octanol–water partition coefficient (Wildman–Crippen LogP) is 1.93. The van der Waals surface area contributed by atoms with Crippen molar-refractivity contribution in [3.8, 4) is 5.75 Å². The van der Waals surface area contributed by atoms with Crippen molar-refractivity contribution in [2.24, 2.45) is 11.3 Å². The second-order valence-electron chi connectivity index (χ2n) is 7.06. The second kappa shape index (κ2) is 6.32. The number of carboxylic acid groups (broad SMARTS) is 1. The topological polar surface area (TPSA) is 89.2 Å². The first-order valence-corrected chi connectivity index (χ1v) is 8.66. The summed E-state index contributed by atoms with van der Waals surface area (Å²) in [6.07, 6.45) is 2.22. The van der Waals surface area contributed by atoms with Gasteiger partial charge in [0.05, 0.1) is 31.8 Å². The number of hydrogen-bond donors (Lipinski definition) is 1. The number of hydrogen-bond acceptors (Lipinski definition) is 5.